The standard InChI is InChI=1S/C27H32F2N6O3/c1-6-38-11-7-10-35-23-9-8-18(34(5)24(36)15-27(2,3)4)13-22(23)31-25(35)33-26(37)32-21-14-19(28)17(16-30)12-20(21)29/h8-9,12-14H,6-7,10-11,15H2,1-5H3,(H2,31,32,33,37). The lowest BCUT2D eigenvalue weighted by molar-refractivity contribution is -0.120. The number of carbonyl (C=O) groups is 2. The molecule has 0 radical (unpaired) electrons. The molecule has 1 heterocycles. The number of nitrogens with zero attached hydrogens (tertiary/aromatic N) is 4. The van der Waals surface area contributed by atoms with E-state index in [4.69, 9.17) is 10.00 Å². The molecule has 202 valence electrons. The fourth-order valence-electron chi connectivity index (χ4n) is 3.82. The first-order chi connectivity index (χ1) is 17.9. The number of halogens is 2. The Kier molecular flexibility index (Phi) is 9.01. The third-order valence-electron chi connectivity index (χ3n) is 5.70. The summed E-state index contributed by atoms with van der Waals surface area (Å²) < 4.78 is 35.4. The Hall–Kier alpha value is -4.04. The second-order valence-electron chi connectivity index (χ2n) is 10.0. The predicted molar refractivity (Wildman–Crippen MR) is 142 cm³/mol. The maximum Gasteiger partial charge on any atom is 0.326 e. The zero-order valence-electron chi connectivity index (χ0n) is 22.2. The summed E-state index contributed by atoms with van der Waals surface area (Å²) in [7, 11) is 1.70. The number of aryl methyl sites for hydroxylation is 1. The molecule has 1 aromatic heterocycles. The normalized spacial score (nSPS) is 11.3. The molecule has 9 nitrogen and oxygen atoms in total. The van der Waals surface area contributed by atoms with Crippen LogP contribution in [0.25, 0.3) is 11.0 Å². The van der Waals surface area contributed by atoms with Gasteiger partial charge in [0.15, 0.2) is 0 Å². The van der Waals surface area contributed by atoms with E-state index in [2.05, 4.69) is 15.6 Å². The van der Waals surface area contributed by atoms with Crippen molar-refractivity contribution in [3.8, 4) is 6.07 Å². The molecule has 0 saturated carbocycles. The Morgan fingerprint density at radius 1 is 1.16 bits per heavy atom. The van der Waals surface area contributed by atoms with Crippen LogP contribution in [0.15, 0.2) is 30.3 Å². The fourth-order valence-corrected chi connectivity index (χ4v) is 3.82. The quantitative estimate of drug-likeness (QED) is 0.350. The number of imidazole rings is 1. The first-order valence-corrected chi connectivity index (χ1v) is 12.2. The van der Waals surface area contributed by atoms with E-state index in [1.54, 1.807) is 28.7 Å². The molecular weight excluding hydrogens is 494 g/mol. The minimum atomic E-state index is -0.954. The molecule has 0 aliphatic heterocycles. The highest BCUT2D eigenvalue weighted by Crippen LogP contribution is 2.28. The van der Waals surface area contributed by atoms with Gasteiger partial charge >= 0.3 is 6.03 Å². The second-order valence-corrected chi connectivity index (χ2v) is 10.0. The number of hydrogen-bond acceptors (Lipinski definition) is 5. The molecule has 3 amide bonds. The molecule has 0 aliphatic carbocycles. The van der Waals surface area contributed by atoms with E-state index in [-0.39, 0.29) is 17.3 Å². The molecule has 2 N–H and O–H groups in total. The van der Waals surface area contributed by atoms with E-state index >= 15 is 0 Å². The van der Waals surface area contributed by atoms with Crippen LogP contribution in [0.1, 0.15) is 46.1 Å². The van der Waals surface area contributed by atoms with Crippen molar-refractivity contribution >= 4 is 40.3 Å². The summed E-state index contributed by atoms with van der Waals surface area (Å²) in [6.07, 6.45) is 1.00. The third-order valence-corrected chi connectivity index (χ3v) is 5.70. The summed E-state index contributed by atoms with van der Waals surface area (Å²) in [6, 6.07) is 7.55. The number of nitrogens with one attached hydrogen (secondary N) is 2. The van der Waals surface area contributed by atoms with Gasteiger partial charge in [0.1, 0.15) is 17.7 Å². The Bertz CT molecular complexity index is 1370. The Morgan fingerprint density at radius 2 is 1.89 bits per heavy atom. The van der Waals surface area contributed by atoms with E-state index in [0.717, 1.165) is 6.07 Å². The van der Waals surface area contributed by atoms with E-state index < -0.39 is 28.9 Å². The SMILES string of the molecule is CCOCCCn1c(NC(=O)Nc2cc(F)c(C#N)cc2F)nc2cc(N(C)C(=O)CC(C)(C)C)ccc21. The minimum Gasteiger partial charge on any atom is -0.382 e. The van der Waals surface area contributed by atoms with Gasteiger partial charge in [0.05, 0.1) is 22.3 Å². The van der Waals surface area contributed by atoms with Gasteiger partial charge in [-0.25, -0.2) is 18.6 Å². The van der Waals surface area contributed by atoms with Crippen molar-refractivity contribution in [3.05, 3.63) is 47.5 Å². The number of rotatable bonds is 9. The third kappa shape index (κ3) is 7.04. The number of hydrogen-bond donors (Lipinski definition) is 2. The van der Waals surface area contributed by atoms with Crippen molar-refractivity contribution in [1.29, 1.82) is 5.26 Å². The fraction of sp³-hybridized carbons (Fsp3) is 0.407. The minimum absolute atomic E-state index is 0.0394. The summed E-state index contributed by atoms with van der Waals surface area (Å²) >= 11 is 0. The number of anilines is 3. The number of amides is 3. The molecule has 38 heavy (non-hydrogen) atoms. The molecule has 3 rings (SSSR count). The number of fused-ring (bicyclic) bond motifs is 1. The predicted octanol–water partition coefficient (Wildman–Crippen LogP) is 5.66. The molecule has 0 aliphatic rings. The molecule has 0 atom stereocenters. The van der Waals surface area contributed by atoms with Crippen LogP contribution in [0.3, 0.4) is 0 Å². The van der Waals surface area contributed by atoms with Gasteiger partial charge in [-0.1, -0.05) is 20.8 Å². The lowest BCUT2D eigenvalue weighted by Gasteiger charge is -2.23. The number of urea groups is 1. The van der Waals surface area contributed by atoms with Gasteiger partial charge in [-0.3, -0.25) is 10.1 Å². The Morgan fingerprint density at radius 3 is 2.55 bits per heavy atom. The molecule has 3 aromatic rings. The number of ether oxygens (including phenoxy) is 1. The number of nitriles is 1. The molecule has 0 fully saturated rings. The van der Waals surface area contributed by atoms with E-state index in [9.17, 15) is 18.4 Å². The summed E-state index contributed by atoms with van der Waals surface area (Å²) in [5, 5.41) is 13.7. The van der Waals surface area contributed by atoms with Crippen LogP contribution in [-0.2, 0) is 16.1 Å². The van der Waals surface area contributed by atoms with Crippen molar-refractivity contribution < 1.29 is 23.1 Å². The van der Waals surface area contributed by atoms with Crippen molar-refractivity contribution in [3.63, 3.8) is 0 Å². The van der Waals surface area contributed by atoms with Crippen LogP contribution < -0.4 is 15.5 Å². The van der Waals surface area contributed by atoms with E-state index in [1.165, 1.54) is 0 Å². The Labute approximate surface area is 220 Å². The smallest absolute Gasteiger partial charge is 0.326 e. The average Bonchev–Trinajstić information content (AvgIpc) is 3.18. The Balaban J connectivity index is 1.89. The topological polar surface area (TPSA) is 112 Å². The highest BCUT2D eigenvalue weighted by atomic mass is 19.1. The average molecular weight is 527 g/mol. The van der Waals surface area contributed by atoms with E-state index in [0.29, 0.717) is 55.4 Å². The first kappa shape index (κ1) is 28.5. The molecule has 2 aromatic carbocycles. The maximum absolute atomic E-state index is 14.3. The zero-order chi connectivity index (χ0) is 28.0. The van der Waals surface area contributed by atoms with Gasteiger partial charge in [-0.15, -0.1) is 0 Å². The summed E-state index contributed by atoms with van der Waals surface area (Å²) in [6.45, 7) is 9.41. The van der Waals surface area contributed by atoms with Crippen molar-refractivity contribution in [1.82, 2.24) is 9.55 Å². The van der Waals surface area contributed by atoms with Gasteiger partial charge in [-0.05, 0) is 43.0 Å². The largest absolute Gasteiger partial charge is 0.382 e. The van der Waals surface area contributed by atoms with Crippen LogP contribution in [-0.4, -0.2) is 41.8 Å². The lowest BCUT2D eigenvalue weighted by atomic mass is 9.91. The van der Waals surface area contributed by atoms with Gasteiger partial charge in [0.25, 0.3) is 0 Å². The number of carbonyl (C=O) groups excluding carboxylic acids is 2. The van der Waals surface area contributed by atoms with E-state index in [1.807, 2.05) is 39.8 Å². The second kappa shape index (κ2) is 12.0. The van der Waals surface area contributed by atoms with Crippen molar-refractivity contribution in [2.24, 2.45) is 5.41 Å². The van der Waals surface area contributed by atoms with Crippen LogP contribution in [0.2, 0.25) is 0 Å². The molecule has 11 heteroatoms. The molecule has 0 bridgehead atoms. The number of aromatic nitrogens is 2. The lowest BCUT2D eigenvalue weighted by Crippen LogP contribution is -2.29. The monoisotopic (exact) mass is 526 g/mol. The van der Waals surface area contributed by atoms with Crippen LogP contribution >= 0.6 is 0 Å². The molecule has 0 saturated heterocycles. The van der Waals surface area contributed by atoms with Crippen molar-refractivity contribution in [2.75, 3.05) is 35.8 Å². The molecule has 0 unspecified atom stereocenters. The summed E-state index contributed by atoms with van der Waals surface area (Å²) in [5.41, 5.74) is 0.856. The van der Waals surface area contributed by atoms with Crippen LogP contribution in [0.4, 0.5) is 30.9 Å². The summed E-state index contributed by atoms with van der Waals surface area (Å²) in [4.78, 5) is 31.5. The zero-order valence-corrected chi connectivity index (χ0v) is 22.2. The molecule has 0 spiro atoms. The van der Waals surface area contributed by atoms with Crippen LogP contribution in [0, 0.1) is 28.4 Å². The maximum atomic E-state index is 14.3. The molecular formula is C27H32F2N6O3. The van der Waals surface area contributed by atoms with Gasteiger partial charge < -0.3 is 19.5 Å². The van der Waals surface area contributed by atoms with Gasteiger partial charge in [-0.2, -0.15) is 5.26 Å². The highest BCUT2D eigenvalue weighted by molar-refractivity contribution is 6.00. The number of benzene rings is 2. The van der Waals surface area contributed by atoms with Gasteiger partial charge in [0.2, 0.25) is 11.9 Å². The first-order valence-electron chi connectivity index (χ1n) is 12.2. The van der Waals surface area contributed by atoms with Crippen LogP contribution in [0.5, 0.6) is 0 Å². The van der Waals surface area contributed by atoms with Crippen molar-refractivity contribution in [2.45, 2.75) is 47.1 Å². The summed E-state index contributed by atoms with van der Waals surface area (Å²) in [5.74, 6) is -1.76. The highest BCUT2D eigenvalue weighted by Gasteiger charge is 2.21. The van der Waals surface area contributed by atoms with Gasteiger partial charge in [0, 0.05) is 45.0 Å².